The molecule has 0 radical (unpaired) electrons. The lowest BCUT2D eigenvalue weighted by molar-refractivity contribution is -0.132. The highest BCUT2D eigenvalue weighted by atomic mass is 35.5. The van der Waals surface area contributed by atoms with Gasteiger partial charge in [0.15, 0.2) is 0 Å². The molecule has 10 heteroatoms. The molecule has 0 bridgehead atoms. The standard InChI is InChI=1S/C30H38ClN7O2/c1-37(2)14-6-11-27(39)38-15-12-20(13-16-38)29(40)34-21-7-5-8-22(17-21)35-30-33-19-25(31)28(36-30)24-18-32-26-10-4-3-9-23(24)26/h3-4,6,9-11,18-22,32H,5,7-8,12-17H2,1-2H3,(H,34,40)(H,33,35,36)/b11-6+. The third-order valence-corrected chi connectivity index (χ3v) is 8.13. The van der Waals surface area contributed by atoms with Crippen molar-refractivity contribution in [3.63, 3.8) is 0 Å². The molecule has 1 aromatic carbocycles. The first-order chi connectivity index (χ1) is 19.4. The van der Waals surface area contributed by atoms with E-state index < -0.39 is 0 Å². The number of likely N-dealkylation sites (tertiary alicyclic amines) is 1. The average Bonchev–Trinajstić information content (AvgIpc) is 3.38. The van der Waals surface area contributed by atoms with Gasteiger partial charge in [0.05, 0.1) is 16.9 Å². The first kappa shape index (κ1) is 28.1. The number of carbonyl (C=O) groups excluding carboxylic acids is 2. The molecule has 3 N–H and O–H groups in total. The van der Waals surface area contributed by atoms with E-state index in [1.165, 1.54) is 0 Å². The Balaban J connectivity index is 1.14. The first-order valence-electron chi connectivity index (χ1n) is 14.1. The summed E-state index contributed by atoms with van der Waals surface area (Å²) in [6.07, 6.45) is 12.3. The van der Waals surface area contributed by atoms with Gasteiger partial charge in [0, 0.05) is 66.4 Å². The van der Waals surface area contributed by atoms with Gasteiger partial charge in [-0.25, -0.2) is 9.97 Å². The molecule has 2 aromatic heterocycles. The summed E-state index contributed by atoms with van der Waals surface area (Å²) in [5, 5.41) is 8.34. The number of amides is 2. The lowest BCUT2D eigenvalue weighted by Crippen LogP contribution is -2.47. The van der Waals surface area contributed by atoms with Crippen molar-refractivity contribution in [2.45, 2.75) is 50.6 Å². The van der Waals surface area contributed by atoms with Crippen LogP contribution in [0, 0.1) is 5.92 Å². The van der Waals surface area contributed by atoms with Crippen molar-refractivity contribution >= 4 is 40.3 Å². The number of aromatic amines is 1. The summed E-state index contributed by atoms with van der Waals surface area (Å²) in [6, 6.07) is 8.32. The number of piperidine rings is 1. The molecule has 3 heterocycles. The van der Waals surface area contributed by atoms with Crippen molar-refractivity contribution < 1.29 is 9.59 Å². The quantitative estimate of drug-likeness (QED) is 0.349. The Morgan fingerprint density at radius 3 is 2.73 bits per heavy atom. The summed E-state index contributed by atoms with van der Waals surface area (Å²) in [5.74, 6) is 0.615. The molecule has 1 saturated carbocycles. The molecular weight excluding hydrogens is 526 g/mol. The molecule has 3 aromatic rings. The molecular formula is C30H38ClN7O2. The van der Waals surface area contributed by atoms with Crippen LogP contribution in [0.3, 0.4) is 0 Å². The Kier molecular flexibility index (Phi) is 9.01. The van der Waals surface area contributed by atoms with Gasteiger partial charge in [-0.3, -0.25) is 9.59 Å². The molecule has 2 atom stereocenters. The van der Waals surface area contributed by atoms with E-state index >= 15 is 0 Å². The fraction of sp³-hybridized carbons (Fsp3) is 0.467. The Morgan fingerprint density at radius 2 is 1.93 bits per heavy atom. The van der Waals surface area contributed by atoms with Gasteiger partial charge in [0.25, 0.3) is 0 Å². The molecule has 40 heavy (non-hydrogen) atoms. The number of halogens is 1. The third-order valence-electron chi connectivity index (χ3n) is 7.85. The maximum Gasteiger partial charge on any atom is 0.246 e. The van der Waals surface area contributed by atoms with Crippen LogP contribution in [0.15, 0.2) is 48.8 Å². The van der Waals surface area contributed by atoms with Crippen molar-refractivity contribution in [1.82, 2.24) is 30.1 Å². The summed E-state index contributed by atoms with van der Waals surface area (Å²) < 4.78 is 0. The normalized spacial score (nSPS) is 20.4. The van der Waals surface area contributed by atoms with Crippen LogP contribution in [0.2, 0.25) is 5.02 Å². The van der Waals surface area contributed by atoms with Crippen LogP contribution in [0.1, 0.15) is 38.5 Å². The van der Waals surface area contributed by atoms with Gasteiger partial charge in [-0.2, -0.15) is 0 Å². The lowest BCUT2D eigenvalue weighted by Gasteiger charge is -2.34. The number of rotatable bonds is 8. The maximum absolute atomic E-state index is 13.1. The van der Waals surface area contributed by atoms with E-state index in [4.69, 9.17) is 16.6 Å². The number of fused-ring (bicyclic) bond motifs is 1. The van der Waals surface area contributed by atoms with Gasteiger partial charge >= 0.3 is 0 Å². The van der Waals surface area contributed by atoms with E-state index in [-0.39, 0.29) is 29.8 Å². The average molecular weight is 564 g/mol. The van der Waals surface area contributed by atoms with Gasteiger partial charge in [-0.15, -0.1) is 0 Å². The molecule has 2 amide bonds. The second-order valence-electron chi connectivity index (χ2n) is 11.1. The van der Waals surface area contributed by atoms with E-state index in [0.29, 0.717) is 42.6 Å². The zero-order chi connectivity index (χ0) is 28.1. The number of benzene rings is 1. The Labute approximate surface area is 240 Å². The number of aromatic nitrogens is 3. The number of nitrogens with zero attached hydrogens (tertiary/aromatic N) is 4. The van der Waals surface area contributed by atoms with E-state index in [1.807, 2.05) is 60.4 Å². The van der Waals surface area contributed by atoms with Crippen molar-refractivity contribution in [2.75, 3.05) is 39.0 Å². The highest BCUT2D eigenvalue weighted by molar-refractivity contribution is 6.33. The van der Waals surface area contributed by atoms with Crippen LogP contribution >= 0.6 is 11.6 Å². The minimum Gasteiger partial charge on any atom is -0.360 e. The number of H-pyrrole nitrogens is 1. The molecule has 1 aliphatic heterocycles. The molecule has 212 valence electrons. The third kappa shape index (κ3) is 6.82. The number of nitrogens with one attached hydrogen (secondary N) is 3. The number of para-hydroxylation sites is 1. The molecule has 0 spiro atoms. The van der Waals surface area contributed by atoms with Crippen LogP contribution in [-0.4, -0.2) is 82.4 Å². The van der Waals surface area contributed by atoms with Crippen LogP contribution < -0.4 is 10.6 Å². The fourth-order valence-corrected chi connectivity index (χ4v) is 5.87. The van der Waals surface area contributed by atoms with Crippen LogP contribution in [-0.2, 0) is 9.59 Å². The van der Waals surface area contributed by atoms with Gasteiger partial charge in [0.1, 0.15) is 0 Å². The highest BCUT2D eigenvalue weighted by Gasteiger charge is 2.30. The monoisotopic (exact) mass is 563 g/mol. The Morgan fingerprint density at radius 1 is 1.15 bits per heavy atom. The zero-order valence-corrected chi connectivity index (χ0v) is 24.0. The second kappa shape index (κ2) is 12.8. The van der Waals surface area contributed by atoms with Gasteiger partial charge in [0.2, 0.25) is 17.8 Å². The van der Waals surface area contributed by atoms with E-state index in [0.717, 1.165) is 48.7 Å². The minimum atomic E-state index is -0.0542. The number of likely N-dealkylation sites (N-methyl/N-ethyl adjacent to an activating group) is 1. The molecule has 9 nitrogen and oxygen atoms in total. The molecule has 2 aliphatic rings. The van der Waals surface area contributed by atoms with E-state index in [9.17, 15) is 9.59 Å². The van der Waals surface area contributed by atoms with E-state index in [1.54, 1.807) is 12.3 Å². The summed E-state index contributed by atoms with van der Waals surface area (Å²) in [6.45, 7) is 1.97. The van der Waals surface area contributed by atoms with Gasteiger partial charge in [-0.1, -0.05) is 35.9 Å². The van der Waals surface area contributed by atoms with Crippen molar-refractivity contribution in [2.24, 2.45) is 5.92 Å². The highest BCUT2D eigenvalue weighted by Crippen LogP contribution is 2.33. The lowest BCUT2D eigenvalue weighted by atomic mass is 9.89. The number of hydrogen-bond acceptors (Lipinski definition) is 6. The number of carbonyl (C=O) groups is 2. The SMILES string of the molecule is CN(C)C/C=C/C(=O)N1CCC(C(=O)NC2CCCC(Nc3ncc(Cl)c(-c4c[nH]c5ccccc45)n3)C2)CC1. The van der Waals surface area contributed by atoms with Crippen LogP contribution in [0.25, 0.3) is 22.2 Å². The van der Waals surface area contributed by atoms with Crippen LogP contribution in [0.5, 0.6) is 0 Å². The van der Waals surface area contributed by atoms with Crippen molar-refractivity contribution in [1.29, 1.82) is 0 Å². The summed E-state index contributed by atoms with van der Waals surface area (Å²) >= 11 is 6.50. The van der Waals surface area contributed by atoms with Gasteiger partial charge in [-0.05, 0) is 58.7 Å². The number of anilines is 1. The van der Waals surface area contributed by atoms with Gasteiger partial charge < -0.3 is 25.4 Å². The molecule has 5 rings (SSSR count). The summed E-state index contributed by atoms with van der Waals surface area (Å²) in [4.78, 5) is 41.8. The Bertz CT molecular complexity index is 1360. The summed E-state index contributed by atoms with van der Waals surface area (Å²) in [7, 11) is 3.94. The fourth-order valence-electron chi connectivity index (χ4n) is 5.68. The van der Waals surface area contributed by atoms with E-state index in [2.05, 4.69) is 20.6 Å². The maximum atomic E-state index is 13.1. The zero-order valence-electron chi connectivity index (χ0n) is 23.2. The second-order valence-corrected chi connectivity index (χ2v) is 11.5. The Hall–Kier alpha value is -3.43. The minimum absolute atomic E-state index is 0.0270. The smallest absolute Gasteiger partial charge is 0.246 e. The van der Waals surface area contributed by atoms with Crippen LogP contribution in [0.4, 0.5) is 5.95 Å². The predicted octanol–water partition coefficient (Wildman–Crippen LogP) is 4.47. The summed E-state index contributed by atoms with van der Waals surface area (Å²) in [5.41, 5.74) is 2.66. The number of hydrogen-bond donors (Lipinski definition) is 3. The molecule has 2 unspecified atom stereocenters. The predicted molar refractivity (Wildman–Crippen MR) is 159 cm³/mol. The first-order valence-corrected chi connectivity index (χ1v) is 14.5. The molecule has 1 saturated heterocycles. The topological polar surface area (TPSA) is 106 Å². The van der Waals surface area contributed by atoms with Crippen molar-refractivity contribution in [3.05, 3.63) is 53.8 Å². The van der Waals surface area contributed by atoms with Crippen molar-refractivity contribution in [3.8, 4) is 11.3 Å². The molecule has 2 fully saturated rings. The molecule has 1 aliphatic carbocycles. The largest absolute Gasteiger partial charge is 0.360 e.